The Morgan fingerprint density at radius 2 is 1.34 bits per heavy atom. The number of thioether (sulfide) groups is 1. The summed E-state index contributed by atoms with van der Waals surface area (Å²) in [4.78, 5) is 23.6. The number of amides is 2. The molecule has 0 unspecified atom stereocenters. The molecule has 35 heavy (non-hydrogen) atoms. The van der Waals surface area contributed by atoms with Crippen molar-refractivity contribution in [2.75, 3.05) is 32.6 Å². The van der Waals surface area contributed by atoms with Gasteiger partial charge in [-0.05, 0) is 59.9 Å². The number of nitrogens with zero attached hydrogens (tertiary/aromatic N) is 2. The minimum Gasteiger partial charge on any atom is -0.492 e. The minimum absolute atomic E-state index is 0.197. The Morgan fingerprint density at radius 1 is 0.857 bits per heavy atom. The summed E-state index contributed by atoms with van der Waals surface area (Å²) in [6.07, 6.45) is 0.791. The van der Waals surface area contributed by atoms with E-state index in [2.05, 4.69) is 20.8 Å². The zero-order valence-corrected chi connectivity index (χ0v) is 22.0. The van der Waals surface area contributed by atoms with E-state index in [-0.39, 0.29) is 26.3 Å². The van der Waals surface area contributed by atoms with Crippen LogP contribution in [0.1, 0.15) is 41.5 Å². The Balaban J connectivity index is 1.99. The Labute approximate surface area is 209 Å². The monoisotopic (exact) mass is 510 g/mol. The SMILES string of the molecule is CSc1nnc(-c2cc(OCCNC(=O)OC(C)(C)C)cc(OCCNC(=O)OC(C)(C)C)c2)o1. The number of aromatic nitrogens is 2. The van der Waals surface area contributed by atoms with Gasteiger partial charge in [0.25, 0.3) is 5.22 Å². The first-order chi connectivity index (χ1) is 16.3. The second-order valence-electron chi connectivity index (χ2n) is 9.32. The molecule has 2 amide bonds. The molecule has 0 atom stereocenters. The summed E-state index contributed by atoms with van der Waals surface area (Å²) in [6, 6.07) is 5.16. The maximum Gasteiger partial charge on any atom is 0.407 e. The number of benzene rings is 1. The summed E-state index contributed by atoms with van der Waals surface area (Å²) in [5, 5.41) is 13.7. The Kier molecular flexibility index (Phi) is 10.1. The van der Waals surface area contributed by atoms with Gasteiger partial charge in [0, 0.05) is 11.6 Å². The van der Waals surface area contributed by atoms with E-state index >= 15 is 0 Å². The molecule has 1 aromatic carbocycles. The molecule has 0 spiro atoms. The molecule has 0 aliphatic rings. The number of nitrogens with one attached hydrogen (secondary N) is 2. The van der Waals surface area contributed by atoms with Crippen LogP contribution in [0, 0.1) is 0 Å². The van der Waals surface area contributed by atoms with Crippen molar-refractivity contribution < 1.29 is 33.0 Å². The number of hydrogen-bond donors (Lipinski definition) is 2. The molecular weight excluding hydrogens is 476 g/mol. The molecule has 1 heterocycles. The number of carbonyl (C=O) groups excluding carboxylic acids is 2. The average molecular weight is 511 g/mol. The van der Waals surface area contributed by atoms with Crippen molar-refractivity contribution in [2.45, 2.75) is 58.0 Å². The van der Waals surface area contributed by atoms with Crippen molar-refractivity contribution in [2.24, 2.45) is 0 Å². The molecule has 0 radical (unpaired) electrons. The predicted octanol–water partition coefficient (Wildman–Crippen LogP) is 4.27. The molecule has 11 nitrogen and oxygen atoms in total. The lowest BCUT2D eigenvalue weighted by molar-refractivity contribution is 0.0509. The summed E-state index contributed by atoms with van der Waals surface area (Å²) < 4.78 is 27.6. The smallest absolute Gasteiger partial charge is 0.407 e. The van der Waals surface area contributed by atoms with E-state index in [1.807, 2.05) is 6.26 Å². The van der Waals surface area contributed by atoms with Gasteiger partial charge in [0.15, 0.2) is 0 Å². The first kappa shape index (κ1) is 28.1. The second kappa shape index (κ2) is 12.5. The van der Waals surface area contributed by atoms with Gasteiger partial charge < -0.3 is 34.0 Å². The Hall–Kier alpha value is -3.15. The fourth-order valence-corrected chi connectivity index (χ4v) is 2.83. The lowest BCUT2D eigenvalue weighted by atomic mass is 10.2. The third kappa shape index (κ3) is 11.2. The summed E-state index contributed by atoms with van der Waals surface area (Å²) in [7, 11) is 0. The maximum atomic E-state index is 11.8. The van der Waals surface area contributed by atoms with E-state index in [1.165, 1.54) is 11.8 Å². The minimum atomic E-state index is -0.580. The van der Waals surface area contributed by atoms with Crippen LogP contribution in [0.15, 0.2) is 27.8 Å². The van der Waals surface area contributed by atoms with Gasteiger partial charge in [-0.3, -0.25) is 0 Å². The van der Waals surface area contributed by atoms with Gasteiger partial charge in [-0.25, -0.2) is 9.59 Å². The van der Waals surface area contributed by atoms with E-state index in [9.17, 15) is 9.59 Å². The van der Waals surface area contributed by atoms with Crippen LogP contribution in [0.2, 0.25) is 0 Å². The normalized spacial score (nSPS) is 11.5. The van der Waals surface area contributed by atoms with Gasteiger partial charge in [-0.2, -0.15) is 0 Å². The van der Waals surface area contributed by atoms with E-state index in [0.717, 1.165) is 0 Å². The van der Waals surface area contributed by atoms with E-state index < -0.39 is 23.4 Å². The lowest BCUT2D eigenvalue weighted by Crippen LogP contribution is -2.34. The zero-order valence-electron chi connectivity index (χ0n) is 21.2. The lowest BCUT2D eigenvalue weighted by Gasteiger charge is -2.20. The number of rotatable bonds is 10. The first-order valence-electron chi connectivity index (χ1n) is 11.1. The van der Waals surface area contributed by atoms with Gasteiger partial charge >= 0.3 is 12.2 Å². The van der Waals surface area contributed by atoms with Crippen LogP contribution in [0.3, 0.4) is 0 Å². The molecule has 0 saturated carbocycles. The zero-order chi connectivity index (χ0) is 26.1. The average Bonchev–Trinajstić information content (AvgIpc) is 3.21. The topological polar surface area (TPSA) is 134 Å². The number of ether oxygens (including phenoxy) is 4. The fourth-order valence-electron chi connectivity index (χ4n) is 2.54. The van der Waals surface area contributed by atoms with Gasteiger partial charge in [0.05, 0.1) is 13.1 Å². The molecule has 12 heteroatoms. The highest BCUT2D eigenvalue weighted by atomic mass is 32.2. The van der Waals surface area contributed by atoms with Crippen molar-refractivity contribution in [1.82, 2.24) is 20.8 Å². The van der Waals surface area contributed by atoms with Crippen LogP contribution < -0.4 is 20.1 Å². The van der Waals surface area contributed by atoms with Crippen molar-refractivity contribution in [3.63, 3.8) is 0 Å². The molecule has 0 aliphatic heterocycles. The van der Waals surface area contributed by atoms with Crippen LogP contribution in [-0.2, 0) is 9.47 Å². The van der Waals surface area contributed by atoms with Crippen LogP contribution in [0.4, 0.5) is 9.59 Å². The molecule has 0 bridgehead atoms. The van der Waals surface area contributed by atoms with E-state index in [1.54, 1.807) is 59.7 Å². The molecule has 1 aromatic heterocycles. The molecule has 0 saturated heterocycles. The first-order valence-corrected chi connectivity index (χ1v) is 12.3. The molecule has 2 aromatic rings. The number of carbonyl (C=O) groups is 2. The number of alkyl carbamates (subject to hydrolysis) is 2. The molecule has 0 aliphatic carbocycles. The van der Waals surface area contributed by atoms with Crippen molar-refractivity contribution in [3.05, 3.63) is 18.2 Å². The third-order valence-electron chi connectivity index (χ3n) is 3.79. The summed E-state index contributed by atoms with van der Waals surface area (Å²) in [5.74, 6) is 1.27. The van der Waals surface area contributed by atoms with Gasteiger partial charge in [0.2, 0.25) is 5.89 Å². The molecular formula is C23H34N4O7S. The van der Waals surface area contributed by atoms with Gasteiger partial charge in [0.1, 0.15) is 35.9 Å². The predicted molar refractivity (Wildman–Crippen MR) is 131 cm³/mol. The van der Waals surface area contributed by atoms with Crippen molar-refractivity contribution >= 4 is 23.9 Å². The van der Waals surface area contributed by atoms with Crippen molar-refractivity contribution in [1.29, 1.82) is 0 Å². The van der Waals surface area contributed by atoms with Crippen LogP contribution in [0.5, 0.6) is 11.5 Å². The van der Waals surface area contributed by atoms with Crippen LogP contribution >= 0.6 is 11.8 Å². The highest BCUT2D eigenvalue weighted by molar-refractivity contribution is 7.98. The molecule has 2 N–H and O–H groups in total. The van der Waals surface area contributed by atoms with Crippen LogP contribution in [0.25, 0.3) is 11.5 Å². The van der Waals surface area contributed by atoms with Gasteiger partial charge in [-0.15, -0.1) is 10.2 Å². The van der Waals surface area contributed by atoms with E-state index in [0.29, 0.717) is 28.2 Å². The van der Waals surface area contributed by atoms with E-state index in [4.69, 9.17) is 23.4 Å². The fraction of sp³-hybridized carbons (Fsp3) is 0.565. The largest absolute Gasteiger partial charge is 0.492 e. The summed E-state index contributed by atoms with van der Waals surface area (Å²) >= 11 is 1.33. The molecule has 194 valence electrons. The third-order valence-corrected chi connectivity index (χ3v) is 4.30. The molecule has 0 fully saturated rings. The Bertz CT molecular complexity index is 929. The summed E-state index contributed by atoms with van der Waals surface area (Å²) in [6.45, 7) is 11.6. The standard InChI is InChI=1S/C23H34N4O7S/c1-22(2,3)33-19(28)24-8-10-30-16-12-15(18-26-27-21(32-18)35-7)13-17(14-16)31-11-9-25-20(29)34-23(4,5)6/h12-14H,8-11H2,1-7H3,(H,24,28)(H,25,29). The molecule has 2 rings (SSSR count). The second-order valence-corrected chi connectivity index (χ2v) is 10.1. The van der Waals surface area contributed by atoms with Crippen molar-refractivity contribution in [3.8, 4) is 23.0 Å². The van der Waals surface area contributed by atoms with Gasteiger partial charge in [-0.1, -0.05) is 11.8 Å². The highest BCUT2D eigenvalue weighted by Gasteiger charge is 2.17. The highest BCUT2D eigenvalue weighted by Crippen LogP contribution is 2.30. The maximum absolute atomic E-state index is 11.8. The Morgan fingerprint density at radius 3 is 1.74 bits per heavy atom. The number of hydrogen-bond acceptors (Lipinski definition) is 10. The van der Waals surface area contributed by atoms with Crippen LogP contribution in [-0.4, -0.2) is 66.1 Å². The summed E-state index contributed by atoms with van der Waals surface area (Å²) in [5.41, 5.74) is -0.557. The quantitative estimate of drug-likeness (QED) is 0.352.